The fourth-order valence-electron chi connectivity index (χ4n) is 4.26. The zero-order chi connectivity index (χ0) is 21.6. The molecular formula is C21H22F3N5O2. The molecule has 2 unspecified atom stereocenters. The predicted molar refractivity (Wildman–Crippen MR) is 108 cm³/mol. The van der Waals surface area contributed by atoms with Crippen LogP contribution in [0.3, 0.4) is 0 Å². The molecule has 7 nitrogen and oxygen atoms in total. The molecule has 31 heavy (non-hydrogen) atoms. The molecule has 1 aromatic carbocycles. The molecular weight excluding hydrogens is 411 g/mol. The number of H-pyrrole nitrogens is 1. The Kier molecular flexibility index (Phi) is 4.98. The molecule has 0 amide bonds. The highest BCUT2D eigenvalue weighted by Crippen LogP contribution is 2.39. The highest BCUT2D eigenvalue weighted by molar-refractivity contribution is 5.88. The highest BCUT2D eigenvalue weighted by atomic mass is 19.4. The minimum atomic E-state index is -4.49. The number of aromatic amines is 1. The monoisotopic (exact) mass is 433 g/mol. The average Bonchev–Trinajstić information content (AvgIpc) is 3.20. The number of hydrogen-bond donors (Lipinski definition) is 2. The van der Waals surface area contributed by atoms with Crippen LogP contribution in [0.15, 0.2) is 30.6 Å². The molecule has 10 heteroatoms. The predicted octanol–water partition coefficient (Wildman–Crippen LogP) is 3.53. The van der Waals surface area contributed by atoms with Crippen molar-refractivity contribution in [3.63, 3.8) is 0 Å². The number of fused-ring (bicyclic) bond motifs is 2. The van der Waals surface area contributed by atoms with E-state index in [0.29, 0.717) is 31.0 Å². The fourth-order valence-corrected chi connectivity index (χ4v) is 4.26. The third-order valence-electron chi connectivity index (χ3n) is 5.84. The van der Waals surface area contributed by atoms with Crippen LogP contribution in [-0.4, -0.2) is 58.8 Å². The van der Waals surface area contributed by atoms with E-state index in [9.17, 15) is 13.2 Å². The van der Waals surface area contributed by atoms with Gasteiger partial charge in [-0.25, -0.2) is 9.97 Å². The Morgan fingerprint density at radius 3 is 2.74 bits per heavy atom. The van der Waals surface area contributed by atoms with Crippen molar-refractivity contribution in [1.29, 1.82) is 0 Å². The molecule has 1 fully saturated rings. The fraction of sp³-hybridized carbons (Fsp3) is 0.429. The third-order valence-corrected chi connectivity index (χ3v) is 5.84. The molecule has 0 aliphatic carbocycles. The smallest absolute Gasteiger partial charge is 0.431 e. The molecule has 2 N–H and O–H groups in total. The van der Waals surface area contributed by atoms with Crippen LogP contribution in [-0.2, 0) is 10.9 Å². The molecule has 5 rings (SSSR count). The first-order valence-corrected chi connectivity index (χ1v) is 10.1. The lowest BCUT2D eigenvalue weighted by Gasteiger charge is -2.42. The van der Waals surface area contributed by atoms with E-state index in [0.717, 1.165) is 36.0 Å². The van der Waals surface area contributed by atoms with Gasteiger partial charge in [-0.2, -0.15) is 13.2 Å². The number of benzene rings is 1. The van der Waals surface area contributed by atoms with Gasteiger partial charge in [0.05, 0.1) is 30.7 Å². The largest absolute Gasteiger partial charge is 0.491 e. The maximum Gasteiger partial charge on any atom is 0.431 e. The number of aromatic nitrogens is 3. The van der Waals surface area contributed by atoms with Crippen LogP contribution < -0.4 is 10.1 Å². The van der Waals surface area contributed by atoms with Gasteiger partial charge in [0.1, 0.15) is 35.8 Å². The van der Waals surface area contributed by atoms with Gasteiger partial charge in [0.15, 0.2) is 0 Å². The summed E-state index contributed by atoms with van der Waals surface area (Å²) in [6.45, 7) is 5.24. The average molecular weight is 433 g/mol. The highest BCUT2D eigenvalue weighted by Gasteiger charge is 2.37. The van der Waals surface area contributed by atoms with Gasteiger partial charge < -0.3 is 19.8 Å². The van der Waals surface area contributed by atoms with Gasteiger partial charge in [0.2, 0.25) is 0 Å². The number of ether oxygens (including phenoxy) is 2. The van der Waals surface area contributed by atoms with Crippen molar-refractivity contribution >= 4 is 16.9 Å². The van der Waals surface area contributed by atoms with E-state index in [1.165, 1.54) is 6.33 Å². The summed E-state index contributed by atoms with van der Waals surface area (Å²) in [5, 5.41) is 3.71. The van der Waals surface area contributed by atoms with E-state index < -0.39 is 11.9 Å². The number of rotatable bonds is 3. The Bertz CT molecular complexity index is 1090. The summed E-state index contributed by atoms with van der Waals surface area (Å²) in [6.07, 6.45) is -3.22. The summed E-state index contributed by atoms with van der Waals surface area (Å²) in [7, 11) is 0. The van der Waals surface area contributed by atoms with Crippen molar-refractivity contribution < 1.29 is 22.6 Å². The molecule has 2 aromatic heterocycles. The van der Waals surface area contributed by atoms with Crippen molar-refractivity contribution in [2.45, 2.75) is 25.2 Å². The van der Waals surface area contributed by atoms with Gasteiger partial charge in [-0.05, 0) is 24.6 Å². The Balaban J connectivity index is 1.55. The first-order chi connectivity index (χ1) is 14.9. The second kappa shape index (κ2) is 7.69. The van der Waals surface area contributed by atoms with Gasteiger partial charge in [-0.1, -0.05) is 12.1 Å². The molecule has 2 atom stereocenters. The van der Waals surface area contributed by atoms with E-state index in [1.807, 2.05) is 25.1 Å². The quantitative estimate of drug-likeness (QED) is 0.658. The number of morpholine rings is 1. The number of aryl methyl sites for hydroxylation is 1. The maximum absolute atomic E-state index is 13.2. The zero-order valence-corrected chi connectivity index (χ0v) is 16.9. The van der Waals surface area contributed by atoms with Crippen molar-refractivity contribution in [3.05, 3.63) is 47.4 Å². The molecule has 2 aliphatic heterocycles. The summed E-state index contributed by atoms with van der Waals surface area (Å²) >= 11 is 0. The normalized spacial score (nSPS) is 22.2. The lowest BCUT2D eigenvalue weighted by Crippen LogP contribution is -2.52. The SMILES string of the molecule is Cc1ccc2c(c1)OCC(N1CCOCC1)C2Nc1ncnc2[nH]c(C(F)(F)F)cc12. The first-order valence-electron chi connectivity index (χ1n) is 10.1. The number of hydrogen-bond acceptors (Lipinski definition) is 6. The Labute approximate surface area is 176 Å². The van der Waals surface area contributed by atoms with Crippen LogP contribution in [0.4, 0.5) is 19.0 Å². The van der Waals surface area contributed by atoms with Crippen molar-refractivity contribution in [2.75, 3.05) is 38.2 Å². The Morgan fingerprint density at radius 2 is 1.97 bits per heavy atom. The topological polar surface area (TPSA) is 75.3 Å². The molecule has 0 bridgehead atoms. The molecule has 0 radical (unpaired) electrons. The minimum absolute atomic E-state index is 0.0230. The molecule has 0 spiro atoms. The van der Waals surface area contributed by atoms with Crippen LogP contribution in [0.25, 0.3) is 11.0 Å². The summed E-state index contributed by atoms with van der Waals surface area (Å²) in [4.78, 5) is 12.9. The van der Waals surface area contributed by atoms with Gasteiger partial charge in [0.25, 0.3) is 0 Å². The molecule has 4 heterocycles. The zero-order valence-electron chi connectivity index (χ0n) is 16.9. The second-order valence-corrected chi connectivity index (χ2v) is 7.86. The van der Waals surface area contributed by atoms with Crippen LogP contribution in [0.1, 0.15) is 22.9 Å². The van der Waals surface area contributed by atoms with Crippen LogP contribution in [0.2, 0.25) is 0 Å². The summed E-state index contributed by atoms with van der Waals surface area (Å²) in [6, 6.07) is 6.80. The summed E-state index contributed by atoms with van der Waals surface area (Å²) < 4.78 is 51.2. The third kappa shape index (κ3) is 3.81. The Hall–Kier alpha value is -2.85. The van der Waals surface area contributed by atoms with Crippen molar-refractivity contribution in [3.8, 4) is 5.75 Å². The number of nitrogens with zero attached hydrogens (tertiary/aromatic N) is 3. The van der Waals surface area contributed by atoms with E-state index >= 15 is 0 Å². The molecule has 1 saturated heterocycles. The number of nitrogens with one attached hydrogen (secondary N) is 2. The minimum Gasteiger partial charge on any atom is -0.491 e. The first kappa shape index (κ1) is 20.1. The second-order valence-electron chi connectivity index (χ2n) is 7.86. The van der Waals surface area contributed by atoms with E-state index in [1.54, 1.807) is 0 Å². The van der Waals surface area contributed by atoms with Crippen molar-refractivity contribution in [2.24, 2.45) is 0 Å². The number of alkyl halides is 3. The van der Waals surface area contributed by atoms with Gasteiger partial charge >= 0.3 is 6.18 Å². The van der Waals surface area contributed by atoms with E-state index in [4.69, 9.17) is 9.47 Å². The van der Waals surface area contributed by atoms with Crippen LogP contribution in [0, 0.1) is 6.92 Å². The van der Waals surface area contributed by atoms with Crippen LogP contribution in [0.5, 0.6) is 5.75 Å². The summed E-state index contributed by atoms with van der Waals surface area (Å²) in [5.74, 6) is 1.13. The van der Waals surface area contributed by atoms with E-state index in [-0.39, 0.29) is 17.7 Å². The molecule has 2 aliphatic rings. The Morgan fingerprint density at radius 1 is 1.16 bits per heavy atom. The number of anilines is 1. The maximum atomic E-state index is 13.2. The lowest BCUT2D eigenvalue weighted by atomic mass is 9.93. The molecule has 164 valence electrons. The standard InChI is InChI=1S/C21H22F3N5O2/c1-12-2-3-13-16(8-12)31-10-15(29-4-6-30-7-5-29)18(13)28-20-14-9-17(21(22,23)24)27-19(14)25-11-26-20/h2-3,8-9,11,15,18H,4-7,10H2,1H3,(H2,25,26,27,28). The number of halogens is 3. The van der Waals surface area contributed by atoms with Crippen LogP contribution >= 0.6 is 0 Å². The molecule has 0 saturated carbocycles. The van der Waals surface area contributed by atoms with Gasteiger partial charge in [-0.3, -0.25) is 4.90 Å². The van der Waals surface area contributed by atoms with Crippen molar-refractivity contribution in [1.82, 2.24) is 19.9 Å². The van der Waals surface area contributed by atoms with Gasteiger partial charge in [-0.15, -0.1) is 0 Å². The van der Waals surface area contributed by atoms with E-state index in [2.05, 4.69) is 25.2 Å². The molecule has 3 aromatic rings. The van der Waals surface area contributed by atoms with Gasteiger partial charge in [0, 0.05) is 18.7 Å². The summed E-state index contributed by atoms with van der Waals surface area (Å²) in [5.41, 5.74) is 1.32. The lowest BCUT2D eigenvalue weighted by molar-refractivity contribution is -0.140.